The molecule has 6 rings (SSSR count). The van der Waals surface area contributed by atoms with Crippen molar-refractivity contribution in [1.29, 1.82) is 0 Å². The Balaban J connectivity index is 1.64. The van der Waals surface area contributed by atoms with Gasteiger partial charge < -0.3 is 8.83 Å². The number of aromatic nitrogens is 2. The van der Waals surface area contributed by atoms with Gasteiger partial charge in [-0.25, -0.2) is 4.98 Å². The third-order valence-corrected chi connectivity index (χ3v) is 5.04. The van der Waals surface area contributed by atoms with Crippen molar-refractivity contribution in [3.05, 3.63) is 72.6 Å². The number of furan rings is 2. The summed E-state index contributed by atoms with van der Waals surface area (Å²) in [5, 5.41) is 4.15. The van der Waals surface area contributed by atoms with Gasteiger partial charge in [0.15, 0.2) is 0 Å². The summed E-state index contributed by atoms with van der Waals surface area (Å²) in [6.07, 6.45) is 1.88. The molecule has 4 nitrogen and oxygen atoms in total. The minimum Gasteiger partial charge on any atom is -0.456 e. The van der Waals surface area contributed by atoms with Gasteiger partial charge in [0.2, 0.25) is 5.71 Å². The molecule has 0 aliphatic heterocycles. The Morgan fingerprint density at radius 2 is 1.63 bits per heavy atom. The highest BCUT2D eigenvalue weighted by Gasteiger charge is 2.15. The van der Waals surface area contributed by atoms with E-state index < -0.39 is 0 Å². The maximum Gasteiger partial charge on any atom is 0.227 e. The molecule has 0 fully saturated rings. The van der Waals surface area contributed by atoms with E-state index in [-0.39, 0.29) is 0 Å². The molecule has 0 amide bonds. The fourth-order valence-electron chi connectivity index (χ4n) is 3.74. The van der Waals surface area contributed by atoms with E-state index in [0.717, 1.165) is 55.2 Å². The van der Waals surface area contributed by atoms with Crippen molar-refractivity contribution in [3.8, 4) is 11.3 Å². The molecule has 128 valence electrons. The lowest BCUT2D eigenvalue weighted by Gasteiger charge is -2.01. The first-order chi connectivity index (χ1) is 13.3. The highest BCUT2D eigenvalue weighted by atomic mass is 16.3. The number of aryl methyl sites for hydroxylation is 1. The van der Waals surface area contributed by atoms with Crippen LogP contribution >= 0.6 is 0 Å². The molecule has 4 aromatic heterocycles. The Morgan fingerprint density at radius 3 is 2.59 bits per heavy atom. The summed E-state index contributed by atoms with van der Waals surface area (Å²) >= 11 is 0. The Bertz CT molecular complexity index is 1490. The van der Waals surface area contributed by atoms with Crippen molar-refractivity contribution >= 4 is 44.0 Å². The number of fused-ring (bicyclic) bond motifs is 6. The maximum absolute atomic E-state index is 6.11. The van der Waals surface area contributed by atoms with Crippen LogP contribution in [0.3, 0.4) is 0 Å². The Kier molecular flexibility index (Phi) is 2.78. The zero-order chi connectivity index (χ0) is 18.0. The van der Waals surface area contributed by atoms with E-state index in [2.05, 4.69) is 23.2 Å². The van der Waals surface area contributed by atoms with Gasteiger partial charge in [-0.2, -0.15) is 0 Å². The number of nitrogens with zero attached hydrogens (tertiary/aromatic N) is 2. The largest absolute Gasteiger partial charge is 0.456 e. The molecule has 2 aromatic carbocycles. The van der Waals surface area contributed by atoms with Crippen LogP contribution in [0.5, 0.6) is 0 Å². The lowest BCUT2D eigenvalue weighted by molar-refractivity contribution is 0.653. The maximum atomic E-state index is 6.11. The van der Waals surface area contributed by atoms with Crippen molar-refractivity contribution in [2.24, 2.45) is 0 Å². The summed E-state index contributed by atoms with van der Waals surface area (Å²) in [6, 6.07) is 20.2. The molecular weight excluding hydrogens is 336 g/mol. The van der Waals surface area contributed by atoms with E-state index in [1.165, 1.54) is 0 Å². The number of benzene rings is 2. The number of rotatable bonds is 1. The van der Waals surface area contributed by atoms with Crippen LogP contribution in [0.15, 0.2) is 75.7 Å². The van der Waals surface area contributed by atoms with Gasteiger partial charge in [-0.1, -0.05) is 30.3 Å². The first-order valence-electron chi connectivity index (χ1n) is 8.84. The third kappa shape index (κ3) is 2.04. The lowest BCUT2D eigenvalue weighted by Crippen LogP contribution is -1.83. The third-order valence-electron chi connectivity index (χ3n) is 5.04. The van der Waals surface area contributed by atoms with Crippen LogP contribution in [-0.4, -0.2) is 9.97 Å². The topological polar surface area (TPSA) is 52.1 Å². The smallest absolute Gasteiger partial charge is 0.227 e. The van der Waals surface area contributed by atoms with Gasteiger partial charge in [0.05, 0.1) is 5.69 Å². The molecule has 27 heavy (non-hydrogen) atoms. The van der Waals surface area contributed by atoms with E-state index in [4.69, 9.17) is 13.8 Å². The standard InChI is InChI=1S/C23H14N2O2/c1-13-9-10-16-15-6-4-7-17(22(15)27-23(16)25-13)19-11-21-18(12-24-19)14-5-2-3-8-20(14)26-21/h2-12H,1H3. The molecule has 6 aromatic rings. The predicted octanol–water partition coefficient (Wildman–Crippen LogP) is 6.25. The van der Waals surface area contributed by atoms with E-state index >= 15 is 0 Å². The molecule has 0 aliphatic rings. The summed E-state index contributed by atoms with van der Waals surface area (Å²) in [4.78, 5) is 9.22. The molecule has 0 saturated heterocycles. The average Bonchev–Trinajstić information content (AvgIpc) is 3.24. The van der Waals surface area contributed by atoms with Crippen molar-refractivity contribution in [1.82, 2.24) is 9.97 Å². The first-order valence-corrected chi connectivity index (χ1v) is 8.84. The van der Waals surface area contributed by atoms with Crippen LogP contribution < -0.4 is 0 Å². The zero-order valence-corrected chi connectivity index (χ0v) is 14.6. The van der Waals surface area contributed by atoms with Crippen LogP contribution in [0.2, 0.25) is 0 Å². The van der Waals surface area contributed by atoms with Gasteiger partial charge in [-0.15, -0.1) is 0 Å². The van der Waals surface area contributed by atoms with E-state index in [0.29, 0.717) is 5.71 Å². The van der Waals surface area contributed by atoms with Crippen molar-refractivity contribution in [2.45, 2.75) is 6.92 Å². The van der Waals surface area contributed by atoms with E-state index in [9.17, 15) is 0 Å². The SMILES string of the molecule is Cc1ccc2c(n1)oc1c(-c3cc4oc5ccccc5c4cn3)cccc12. The second-order valence-corrected chi connectivity index (χ2v) is 6.75. The number of para-hydroxylation sites is 2. The van der Waals surface area contributed by atoms with Gasteiger partial charge in [0.25, 0.3) is 0 Å². The van der Waals surface area contributed by atoms with Crippen LogP contribution in [0.4, 0.5) is 0 Å². The highest BCUT2D eigenvalue weighted by Crippen LogP contribution is 2.36. The monoisotopic (exact) mass is 350 g/mol. The molecule has 0 atom stereocenters. The fraction of sp³-hybridized carbons (Fsp3) is 0.0435. The highest BCUT2D eigenvalue weighted by molar-refractivity contribution is 6.09. The minimum atomic E-state index is 0.655. The molecule has 0 N–H and O–H groups in total. The summed E-state index contributed by atoms with van der Waals surface area (Å²) in [5.41, 5.74) is 5.84. The molecule has 0 spiro atoms. The van der Waals surface area contributed by atoms with E-state index in [1.54, 1.807) is 0 Å². The summed E-state index contributed by atoms with van der Waals surface area (Å²) in [5.74, 6) is 0. The van der Waals surface area contributed by atoms with Gasteiger partial charge in [-0.3, -0.25) is 4.98 Å². The molecule has 4 heteroatoms. The molecule has 4 heterocycles. The second-order valence-electron chi connectivity index (χ2n) is 6.75. The summed E-state index contributed by atoms with van der Waals surface area (Å²) < 4.78 is 12.1. The normalized spacial score (nSPS) is 11.9. The Morgan fingerprint density at radius 1 is 0.741 bits per heavy atom. The summed E-state index contributed by atoms with van der Waals surface area (Å²) in [6.45, 7) is 1.96. The molecule has 0 saturated carbocycles. The molecular formula is C23H14N2O2. The molecule has 0 unspecified atom stereocenters. The number of pyridine rings is 2. The van der Waals surface area contributed by atoms with Crippen molar-refractivity contribution < 1.29 is 8.83 Å². The van der Waals surface area contributed by atoms with Crippen LogP contribution in [-0.2, 0) is 0 Å². The van der Waals surface area contributed by atoms with Crippen LogP contribution in [0, 0.1) is 6.92 Å². The molecule has 0 radical (unpaired) electrons. The van der Waals surface area contributed by atoms with Crippen LogP contribution in [0.1, 0.15) is 5.69 Å². The van der Waals surface area contributed by atoms with Gasteiger partial charge in [-0.05, 0) is 31.2 Å². The van der Waals surface area contributed by atoms with Crippen molar-refractivity contribution in [3.63, 3.8) is 0 Å². The summed E-state index contributed by atoms with van der Waals surface area (Å²) in [7, 11) is 0. The van der Waals surface area contributed by atoms with Crippen molar-refractivity contribution in [2.75, 3.05) is 0 Å². The minimum absolute atomic E-state index is 0.655. The van der Waals surface area contributed by atoms with Gasteiger partial charge in [0, 0.05) is 45.1 Å². The number of hydrogen-bond donors (Lipinski definition) is 0. The number of hydrogen-bond acceptors (Lipinski definition) is 4. The zero-order valence-electron chi connectivity index (χ0n) is 14.6. The lowest BCUT2D eigenvalue weighted by atomic mass is 10.1. The quantitative estimate of drug-likeness (QED) is 0.352. The predicted molar refractivity (Wildman–Crippen MR) is 107 cm³/mol. The average molecular weight is 350 g/mol. The molecule has 0 bridgehead atoms. The van der Waals surface area contributed by atoms with Gasteiger partial charge >= 0.3 is 0 Å². The molecule has 0 aliphatic carbocycles. The fourth-order valence-corrected chi connectivity index (χ4v) is 3.74. The Labute approximate surface area is 154 Å². The van der Waals surface area contributed by atoms with Crippen LogP contribution in [0.25, 0.3) is 55.3 Å². The second kappa shape index (κ2) is 5.17. The Hall–Kier alpha value is -3.66. The van der Waals surface area contributed by atoms with E-state index in [1.807, 2.05) is 55.6 Å². The van der Waals surface area contributed by atoms with Gasteiger partial charge in [0.1, 0.15) is 16.7 Å². The first kappa shape index (κ1) is 14.5.